The van der Waals surface area contributed by atoms with E-state index in [1.807, 2.05) is 6.07 Å². The SMILES string of the molecule is CC(C)(C)OC(=O)NC1=NC2(c3ccccc3Oc3ccc(O)cc32)C(c2cccnc2F)OC1. The standard InChI is InChI=1S/C26H24FN3O5/c1-25(2,3)35-24(32)29-21-14-33-22(16-7-6-12-28-23(16)27)26(30-21)17-8-4-5-9-19(17)34-20-11-10-15(31)13-18(20)26/h4-13,22,31H,14H2,1-3H3,(H,29,30,32). The fourth-order valence-corrected chi connectivity index (χ4v) is 4.42. The minimum Gasteiger partial charge on any atom is -0.508 e. The number of fused-ring (bicyclic) bond motifs is 4. The number of phenolic OH excluding ortho intramolecular Hbond substituents is 1. The summed E-state index contributed by atoms with van der Waals surface area (Å²) in [4.78, 5) is 21.3. The van der Waals surface area contributed by atoms with Crippen LogP contribution in [0.5, 0.6) is 17.2 Å². The quantitative estimate of drug-likeness (QED) is 0.480. The molecule has 2 aliphatic heterocycles. The van der Waals surface area contributed by atoms with Crippen LogP contribution in [0.15, 0.2) is 65.8 Å². The van der Waals surface area contributed by atoms with Crippen LogP contribution in [0.3, 0.4) is 0 Å². The third-order valence-corrected chi connectivity index (χ3v) is 5.68. The number of halogens is 1. The Morgan fingerprint density at radius 3 is 2.69 bits per heavy atom. The Morgan fingerprint density at radius 2 is 1.91 bits per heavy atom. The van der Waals surface area contributed by atoms with Crippen molar-refractivity contribution in [2.24, 2.45) is 4.99 Å². The van der Waals surface area contributed by atoms with Crippen LogP contribution in [-0.4, -0.2) is 34.2 Å². The van der Waals surface area contributed by atoms with Crippen molar-refractivity contribution in [1.82, 2.24) is 10.3 Å². The normalized spacial score (nSPS) is 20.8. The van der Waals surface area contributed by atoms with Gasteiger partial charge in [0.25, 0.3) is 0 Å². The molecule has 0 bridgehead atoms. The van der Waals surface area contributed by atoms with Gasteiger partial charge in [-0.3, -0.25) is 10.3 Å². The number of amides is 1. The average Bonchev–Trinajstić information content (AvgIpc) is 2.79. The molecular weight excluding hydrogens is 453 g/mol. The van der Waals surface area contributed by atoms with E-state index in [9.17, 15) is 9.90 Å². The van der Waals surface area contributed by atoms with E-state index in [-0.39, 0.29) is 23.8 Å². The maximum absolute atomic E-state index is 15.0. The van der Waals surface area contributed by atoms with Crippen LogP contribution >= 0.6 is 0 Å². The number of aromatic nitrogens is 1. The molecule has 1 aromatic heterocycles. The number of aliphatic imine (C=N–C) groups is 1. The highest BCUT2D eigenvalue weighted by Crippen LogP contribution is 2.57. The zero-order chi connectivity index (χ0) is 24.8. The van der Waals surface area contributed by atoms with E-state index >= 15 is 4.39 Å². The van der Waals surface area contributed by atoms with Gasteiger partial charge in [-0.05, 0) is 51.1 Å². The number of alkyl carbamates (subject to hydrolysis) is 1. The number of ether oxygens (including phenoxy) is 3. The number of benzene rings is 2. The average molecular weight is 477 g/mol. The van der Waals surface area contributed by atoms with Crippen molar-refractivity contribution in [3.8, 4) is 17.2 Å². The number of phenols is 1. The molecule has 180 valence electrons. The molecule has 0 saturated carbocycles. The van der Waals surface area contributed by atoms with Crippen LogP contribution in [0.1, 0.15) is 43.6 Å². The van der Waals surface area contributed by atoms with Crippen molar-refractivity contribution in [2.45, 2.75) is 38.0 Å². The number of hydrogen-bond donors (Lipinski definition) is 2. The summed E-state index contributed by atoms with van der Waals surface area (Å²) >= 11 is 0. The first-order chi connectivity index (χ1) is 16.7. The minimum atomic E-state index is -1.41. The Bertz CT molecular complexity index is 1340. The third-order valence-electron chi connectivity index (χ3n) is 5.68. The van der Waals surface area contributed by atoms with Gasteiger partial charge in [-0.25, -0.2) is 9.78 Å². The Labute approximate surface area is 201 Å². The molecule has 9 heteroatoms. The first-order valence-electron chi connectivity index (χ1n) is 11.1. The number of rotatable bonds is 1. The number of hydrogen-bond acceptors (Lipinski definition) is 7. The molecule has 2 aromatic carbocycles. The molecule has 0 fully saturated rings. The molecule has 35 heavy (non-hydrogen) atoms. The molecule has 1 amide bonds. The molecule has 0 radical (unpaired) electrons. The summed E-state index contributed by atoms with van der Waals surface area (Å²) in [5, 5.41) is 13.0. The van der Waals surface area contributed by atoms with Crippen molar-refractivity contribution >= 4 is 11.9 Å². The van der Waals surface area contributed by atoms with Crippen LogP contribution in [0, 0.1) is 5.95 Å². The first kappa shape index (κ1) is 22.8. The van der Waals surface area contributed by atoms with E-state index in [2.05, 4.69) is 10.3 Å². The largest absolute Gasteiger partial charge is 0.508 e. The fourth-order valence-electron chi connectivity index (χ4n) is 4.42. The summed E-state index contributed by atoms with van der Waals surface area (Å²) in [6.45, 7) is 5.14. The molecule has 2 atom stereocenters. The summed E-state index contributed by atoms with van der Waals surface area (Å²) in [5.74, 6) is 0.360. The van der Waals surface area contributed by atoms with E-state index in [1.165, 1.54) is 18.3 Å². The van der Waals surface area contributed by atoms with Gasteiger partial charge in [0.15, 0.2) is 5.54 Å². The number of pyridine rings is 1. The van der Waals surface area contributed by atoms with Gasteiger partial charge < -0.3 is 19.3 Å². The van der Waals surface area contributed by atoms with Gasteiger partial charge in [0, 0.05) is 22.9 Å². The van der Waals surface area contributed by atoms with E-state index in [0.717, 1.165) is 0 Å². The van der Waals surface area contributed by atoms with E-state index < -0.39 is 29.3 Å². The number of nitrogens with zero attached hydrogens (tertiary/aromatic N) is 2. The zero-order valence-corrected chi connectivity index (χ0v) is 19.4. The monoisotopic (exact) mass is 477 g/mol. The molecule has 0 aliphatic carbocycles. The predicted molar refractivity (Wildman–Crippen MR) is 125 cm³/mol. The van der Waals surface area contributed by atoms with Crippen LogP contribution < -0.4 is 10.1 Å². The Morgan fingerprint density at radius 1 is 1.14 bits per heavy atom. The van der Waals surface area contributed by atoms with Crippen molar-refractivity contribution in [2.75, 3.05) is 6.61 Å². The highest BCUT2D eigenvalue weighted by atomic mass is 19.1. The van der Waals surface area contributed by atoms with Gasteiger partial charge in [0.1, 0.15) is 41.4 Å². The molecule has 1 spiro atoms. The molecule has 3 heterocycles. The molecule has 2 N–H and O–H groups in total. The summed E-state index contributed by atoms with van der Waals surface area (Å²) in [5.41, 5.74) is -0.918. The predicted octanol–water partition coefficient (Wildman–Crippen LogP) is 4.97. The van der Waals surface area contributed by atoms with Crippen LogP contribution in [0.25, 0.3) is 0 Å². The minimum absolute atomic E-state index is 0.0288. The number of para-hydroxylation sites is 1. The van der Waals surface area contributed by atoms with Gasteiger partial charge >= 0.3 is 6.09 Å². The second-order valence-corrected chi connectivity index (χ2v) is 9.30. The molecule has 3 aromatic rings. The summed E-state index contributed by atoms with van der Waals surface area (Å²) < 4.78 is 32.7. The molecule has 2 aliphatic rings. The number of carbonyl (C=O) groups is 1. The number of nitrogens with one attached hydrogen (secondary N) is 1. The van der Waals surface area contributed by atoms with Crippen LogP contribution in [0.2, 0.25) is 0 Å². The topological polar surface area (TPSA) is 102 Å². The van der Waals surface area contributed by atoms with Crippen LogP contribution in [0.4, 0.5) is 9.18 Å². The Balaban J connectivity index is 1.75. The second kappa shape index (κ2) is 8.35. The molecule has 2 unspecified atom stereocenters. The summed E-state index contributed by atoms with van der Waals surface area (Å²) in [7, 11) is 0. The lowest BCUT2D eigenvalue weighted by Gasteiger charge is -2.45. The van der Waals surface area contributed by atoms with Gasteiger partial charge in [0.05, 0.1) is 0 Å². The molecule has 8 nitrogen and oxygen atoms in total. The Hall–Kier alpha value is -3.98. The molecular formula is C26H24FN3O5. The lowest BCUT2D eigenvalue weighted by molar-refractivity contribution is 0.0106. The lowest BCUT2D eigenvalue weighted by Crippen LogP contribution is -2.48. The third kappa shape index (κ3) is 4.08. The van der Waals surface area contributed by atoms with Crippen molar-refractivity contribution in [3.63, 3.8) is 0 Å². The van der Waals surface area contributed by atoms with Gasteiger partial charge in [-0.1, -0.05) is 24.3 Å². The number of aromatic hydroxyl groups is 1. The van der Waals surface area contributed by atoms with E-state index in [0.29, 0.717) is 22.6 Å². The van der Waals surface area contributed by atoms with Gasteiger partial charge in [0.2, 0.25) is 5.95 Å². The van der Waals surface area contributed by atoms with E-state index in [4.69, 9.17) is 19.2 Å². The number of carbonyl (C=O) groups excluding carboxylic acids is 1. The highest BCUT2D eigenvalue weighted by Gasteiger charge is 2.53. The van der Waals surface area contributed by atoms with Crippen molar-refractivity contribution in [3.05, 3.63) is 83.4 Å². The first-order valence-corrected chi connectivity index (χ1v) is 11.1. The van der Waals surface area contributed by atoms with Crippen molar-refractivity contribution in [1.29, 1.82) is 0 Å². The smallest absolute Gasteiger partial charge is 0.413 e. The Kier molecular flexibility index (Phi) is 5.44. The fraction of sp³-hybridized carbons (Fsp3) is 0.269. The zero-order valence-electron chi connectivity index (χ0n) is 19.4. The highest BCUT2D eigenvalue weighted by molar-refractivity contribution is 5.97. The van der Waals surface area contributed by atoms with Crippen LogP contribution in [-0.2, 0) is 15.0 Å². The summed E-state index contributed by atoms with van der Waals surface area (Å²) in [6.07, 6.45) is -0.325. The van der Waals surface area contributed by atoms with E-state index in [1.54, 1.807) is 57.2 Å². The summed E-state index contributed by atoms with van der Waals surface area (Å²) in [6, 6.07) is 15.0. The maximum Gasteiger partial charge on any atom is 0.413 e. The van der Waals surface area contributed by atoms with Gasteiger partial charge in [-0.2, -0.15) is 4.39 Å². The second-order valence-electron chi connectivity index (χ2n) is 9.30. The lowest BCUT2D eigenvalue weighted by atomic mass is 9.73. The molecule has 5 rings (SSSR count). The molecule has 0 saturated heterocycles. The number of amidine groups is 1. The maximum atomic E-state index is 15.0. The van der Waals surface area contributed by atoms with Crippen molar-refractivity contribution < 1.29 is 28.5 Å². The van der Waals surface area contributed by atoms with Gasteiger partial charge in [-0.15, -0.1) is 0 Å².